The fourth-order valence-corrected chi connectivity index (χ4v) is 1.38. The van der Waals surface area contributed by atoms with Crippen LogP contribution in [0.5, 0.6) is 0 Å². The average molecular weight is 160 g/mol. The molecule has 1 aliphatic rings. The van der Waals surface area contributed by atoms with Crippen molar-refractivity contribution in [2.75, 3.05) is 11.4 Å². The van der Waals surface area contributed by atoms with Crippen LogP contribution in [0.25, 0.3) is 0 Å². The molecule has 0 unspecified atom stereocenters. The lowest BCUT2D eigenvalue weighted by atomic mass is 10.1. The van der Waals surface area contributed by atoms with Gasteiger partial charge < -0.3 is 4.90 Å². The Labute approximate surface area is 72.5 Å². The molecule has 1 aliphatic heterocycles. The first-order chi connectivity index (χ1) is 5.75. The van der Waals surface area contributed by atoms with Gasteiger partial charge in [-0.05, 0) is 31.6 Å². The average Bonchev–Trinajstić information content (AvgIpc) is 1.99. The highest BCUT2D eigenvalue weighted by atomic mass is 15.2. The summed E-state index contributed by atoms with van der Waals surface area (Å²) >= 11 is 0. The monoisotopic (exact) mass is 160 g/mol. The highest BCUT2D eigenvalue weighted by Gasteiger charge is 2.12. The fraction of sp³-hybridized carbons (Fsp3) is 0.300. The zero-order chi connectivity index (χ0) is 8.55. The highest BCUT2D eigenvalue weighted by Crippen LogP contribution is 2.22. The predicted molar refractivity (Wildman–Crippen MR) is 50.1 cm³/mol. The summed E-state index contributed by atoms with van der Waals surface area (Å²) in [7, 11) is 0. The molecule has 62 valence electrons. The maximum absolute atomic E-state index is 4.15. The zero-order valence-corrected chi connectivity index (χ0v) is 7.41. The van der Waals surface area contributed by atoms with Gasteiger partial charge in [0.15, 0.2) is 0 Å². The lowest BCUT2D eigenvalue weighted by Gasteiger charge is -2.29. The van der Waals surface area contributed by atoms with Gasteiger partial charge in [-0.15, -0.1) is 0 Å². The molecule has 2 heterocycles. The summed E-state index contributed by atoms with van der Waals surface area (Å²) in [4.78, 5) is 6.38. The van der Waals surface area contributed by atoms with E-state index in [1.807, 2.05) is 19.2 Å². The summed E-state index contributed by atoms with van der Waals surface area (Å²) in [6, 6.07) is 4.14. The van der Waals surface area contributed by atoms with Gasteiger partial charge in [0, 0.05) is 30.3 Å². The second kappa shape index (κ2) is 2.63. The molecule has 0 bridgehead atoms. The Kier molecular flexibility index (Phi) is 1.61. The van der Waals surface area contributed by atoms with Crippen LogP contribution in [-0.4, -0.2) is 11.5 Å². The highest BCUT2D eigenvalue weighted by molar-refractivity contribution is 5.54. The molecule has 2 nitrogen and oxygen atoms in total. The van der Waals surface area contributed by atoms with Crippen LogP contribution in [0.2, 0.25) is 0 Å². The van der Waals surface area contributed by atoms with Crippen LogP contribution in [0.1, 0.15) is 12.6 Å². The van der Waals surface area contributed by atoms with E-state index in [9.17, 15) is 0 Å². The van der Waals surface area contributed by atoms with Gasteiger partial charge >= 0.3 is 0 Å². The van der Waals surface area contributed by atoms with Crippen molar-refractivity contribution in [3.8, 4) is 0 Å². The van der Waals surface area contributed by atoms with Gasteiger partial charge in [-0.25, -0.2) is 0 Å². The van der Waals surface area contributed by atoms with E-state index in [1.165, 1.54) is 11.3 Å². The second-order valence-corrected chi connectivity index (χ2v) is 3.26. The van der Waals surface area contributed by atoms with Crippen LogP contribution >= 0.6 is 0 Å². The van der Waals surface area contributed by atoms with Gasteiger partial charge in [-0.1, -0.05) is 0 Å². The Balaban J connectivity index is 2.25. The van der Waals surface area contributed by atoms with E-state index in [-0.39, 0.29) is 0 Å². The van der Waals surface area contributed by atoms with Crippen LogP contribution in [-0.2, 0) is 0 Å². The van der Waals surface area contributed by atoms with Gasteiger partial charge in [-0.2, -0.15) is 0 Å². The molecule has 0 saturated carbocycles. The maximum atomic E-state index is 4.15. The molecule has 0 spiro atoms. The number of pyridine rings is 1. The van der Waals surface area contributed by atoms with Gasteiger partial charge in [0.2, 0.25) is 0 Å². The summed E-state index contributed by atoms with van der Waals surface area (Å²) in [5, 5.41) is 0. The summed E-state index contributed by atoms with van der Waals surface area (Å²) in [6.45, 7) is 5.22. The quantitative estimate of drug-likeness (QED) is 0.625. The Morgan fingerprint density at radius 1 is 1.42 bits per heavy atom. The number of aryl methyl sites for hydroxylation is 1. The molecule has 0 saturated heterocycles. The van der Waals surface area contributed by atoms with Crippen LogP contribution in [0.15, 0.2) is 30.1 Å². The SMILES string of the molecule is CC1=CN(c2ccnc(C)c2)C1. The van der Waals surface area contributed by atoms with Crippen molar-refractivity contribution in [2.24, 2.45) is 0 Å². The van der Waals surface area contributed by atoms with Gasteiger partial charge in [0.25, 0.3) is 0 Å². The summed E-state index contributed by atoms with van der Waals surface area (Å²) in [5.74, 6) is 0. The molecule has 1 aromatic rings. The molecule has 2 rings (SSSR count). The first kappa shape index (κ1) is 7.35. The Morgan fingerprint density at radius 2 is 2.17 bits per heavy atom. The minimum absolute atomic E-state index is 1.06. The third-order valence-electron chi connectivity index (χ3n) is 2.01. The number of anilines is 1. The summed E-state index contributed by atoms with van der Waals surface area (Å²) < 4.78 is 0. The van der Waals surface area contributed by atoms with Crippen molar-refractivity contribution in [1.29, 1.82) is 0 Å². The minimum atomic E-state index is 1.06. The molecule has 12 heavy (non-hydrogen) atoms. The fourth-order valence-electron chi connectivity index (χ4n) is 1.38. The molecule has 0 aliphatic carbocycles. The second-order valence-electron chi connectivity index (χ2n) is 3.26. The van der Waals surface area contributed by atoms with Crippen molar-refractivity contribution < 1.29 is 0 Å². The van der Waals surface area contributed by atoms with Crippen LogP contribution < -0.4 is 4.90 Å². The molecule has 0 atom stereocenters. The van der Waals surface area contributed by atoms with E-state index < -0.39 is 0 Å². The van der Waals surface area contributed by atoms with Gasteiger partial charge in [-0.3, -0.25) is 4.98 Å². The van der Waals surface area contributed by atoms with E-state index in [0.717, 1.165) is 12.2 Å². The minimum Gasteiger partial charge on any atom is -0.344 e. The topological polar surface area (TPSA) is 16.1 Å². The van der Waals surface area contributed by atoms with Crippen molar-refractivity contribution in [3.05, 3.63) is 35.8 Å². The van der Waals surface area contributed by atoms with Crippen LogP contribution in [0.3, 0.4) is 0 Å². The van der Waals surface area contributed by atoms with E-state index >= 15 is 0 Å². The first-order valence-corrected chi connectivity index (χ1v) is 4.12. The Hall–Kier alpha value is -1.31. The maximum Gasteiger partial charge on any atom is 0.0449 e. The zero-order valence-electron chi connectivity index (χ0n) is 7.41. The third-order valence-corrected chi connectivity index (χ3v) is 2.01. The van der Waals surface area contributed by atoms with Crippen LogP contribution in [0.4, 0.5) is 5.69 Å². The molecular weight excluding hydrogens is 148 g/mol. The Morgan fingerprint density at radius 3 is 2.75 bits per heavy atom. The molecule has 0 fully saturated rings. The predicted octanol–water partition coefficient (Wildman–Crippen LogP) is 2.11. The summed E-state index contributed by atoms with van der Waals surface area (Å²) in [5.41, 5.74) is 3.75. The van der Waals surface area contributed by atoms with Gasteiger partial charge in [0.05, 0.1) is 0 Å². The first-order valence-electron chi connectivity index (χ1n) is 4.12. The van der Waals surface area contributed by atoms with E-state index in [1.54, 1.807) is 0 Å². The third kappa shape index (κ3) is 1.20. The summed E-state index contributed by atoms with van der Waals surface area (Å²) in [6.07, 6.45) is 4.01. The number of aromatic nitrogens is 1. The van der Waals surface area contributed by atoms with Gasteiger partial charge in [0.1, 0.15) is 0 Å². The lowest BCUT2D eigenvalue weighted by molar-refractivity contribution is 0.923. The van der Waals surface area contributed by atoms with Crippen molar-refractivity contribution in [3.63, 3.8) is 0 Å². The molecule has 1 aromatic heterocycles. The normalized spacial score (nSPS) is 15.5. The van der Waals surface area contributed by atoms with E-state index in [0.29, 0.717) is 0 Å². The van der Waals surface area contributed by atoms with Crippen molar-refractivity contribution in [2.45, 2.75) is 13.8 Å². The number of rotatable bonds is 1. The smallest absolute Gasteiger partial charge is 0.0449 e. The molecule has 0 N–H and O–H groups in total. The van der Waals surface area contributed by atoms with Crippen molar-refractivity contribution >= 4 is 5.69 Å². The molecule has 2 heteroatoms. The number of hydrogen-bond acceptors (Lipinski definition) is 2. The van der Waals surface area contributed by atoms with E-state index in [2.05, 4.69) is 29.1 Å². The molecular formula is C10H12N2. The lowest BCUT2D eigenvalue weighted by Crippen LogP contribution is -2.27. The largest absolute Gasteiger partial charge is 0.344 e. The molecule has 0 radical (unpaired) electrons. The molecule has 0 aromatic carbocycles. The number of hydrogen-bond donors (Lipinski definition) is 0. The van der Waals surface area contributed by atoms with Crippen molar-refractivity contribution in [1.82, 2.24) is 4.98 Å². The standard InChI is InChI=1S/C10H12N2/c1-8-6-12(7-8)10-3-4-11-9(2)5-10/h3-6H,7H2,1-2H3. The molecule has 0 amide bonds. The van der Waals surface area contributed by atoms with Crippen LogP contribution in [0, 0.1) is 6.92 Å². The van der Waals surface area contributed by atoms with E-state index in [4.69, 9.17) is 0 Å². The number of nitrogens with zero attached hydrogens (tertiary/aromatic N) is 2. The Bertz CT molecular complexity index is 328.